The second-order valence-electron chi connectivity index (χ2n) is 14.5. The molecule has 0 radical (unpaired) electrons. The highest BCUT2D eigenvalue weighted by atomic mass is 32.2. The molecular weight excluding hydrogens is 781 g/mol. The summed E-state index contributed by atoms with van der Waals surface area (Å²) in [4.78, 5) is 76.3. The molecule has 2 fully saturated rings. The van der Waals surface area contributed by atoms with E-state index in [9.17, 15) is 37.7 Å². The van der Waals surface area contributed by atoms with Crippen LogP contribution in [0.5, 0.6) is 0 Å². The monoisotopic (exact) mass is 818 g/mol. The third-order valence-electron chi connectivity index (χ3n) is 10.7. The molecule has 5 amide bonds. The van der Waals surface area contributed by atoms with Crippen LogP contribution >= 0.6 is 0 Å². The number of H-pyrrole nitrogens is 1. The number of imide groups is 2. The quantitative estimate of drug-likeness (QED) is 0.0798. The highest BCUT2D eigenvalue weighted by Gasteiger charge is 2.50. The Morgan fingerprint density at radius 1 is 1.00 bits per heavy atom. The van der Waals surface area contributed by atoms with Crippen molar-refractivity contribution < 1.29 is 32.4 Å². The van der Waals surface area contributed by atoms with Crippen molar-refractivity contribution in [1.82, 2.24) is 44.6 Å². The molecule has 1 atom stereocenters. The number of hydrogen-bond acceptors (Lipinski definition) is 13. The lowest BCUT2D eigenvalue weighted by Gasteiger charge is -2.47. The van der Waals surface area contributed by atoms with Gasteiger partial charge in [0.2, 0.25) is 27.8 Å². The number of aromatic amines is 1. The summed E-state index contributed by atoms with van der Waals surface area (Å²) in [6.07, 6.45) is 5.92. The van der Waals surface area contributed by atoms with Gasteiger partial charge < -0.3 is 20.9 Å². The van der Waals surface area contributed by atoms with Gasteiger partial charge in [-0.3, -0.25) is 38.9 Å². The van der Waals surface area contributed by atoms with Crippen LogP contribution in [0, 0.1) is 11.3 Å². The largest absolute Gasteiger partial charge is 0.385 e. The summed E-state index contributed by atoms with van der Waals surface area (Å²) in [6.45, 7) is 2.71. The number of rotatable bonds is 14. The van der Waals surface area contributed by atoms with Crippen molar-refractivity contribution in [2.24, 2.45) is 0 Å². The topological polar surface area (TPSA) is 257 Å². The number of nitrogens with one attached hydrogen (secondary N) is 5. The van der Waals surface area contributed by atoms with Gasteiger partial charge in [0.05, 0.1) is 41.3 Å². The van der Waals surface area contributed by atoms with E-state index in [-0.39, 0.29) is 61.1 Å². The van der Waals surface area contributed by atoms with Crippen molar-refractivity contribution in [2.45, 2.75) is 44.2 Å². The van der Waals surface area contributed by atoms with E-state index in [0.29, 0.717) is 53.4 Å². The molecule has 5 N–H and O–H groups in total. The minimum atomic E-state index is -3.40. The van der Waals surface area contributed by atoms with Gasteiger partial charge >= 0.3 is 0 Å². The van der Waals surface area contributed by atoms with E-state index < -0.39 is 45.2 Å². The van der Waals surface area contributed by atoms with Crippen LogP contribution < -0.4 is 21.3 Å². The van der Waals surface area contributed by atoms with Crippen LogP contribution in [0.25, 0.3) is 22.3 Å². The summed E-state index contributed by atoms with van der Waals surface area (Å²) in [5, 5.41) is 26.3. The van der Waals surface area contributed by atoms with Crippen LogP contribution in [0.4, 0.5) is 17.3 Å². The number of anilines is 3. The minimum absolute atomic E-state index is 0.0219. The van der Waals surface area contributed by atoms with Gasteiger partial charge in [-0.05, 0) is 68.3 Å². The Labute approximate surface area is 337 Å². The number of nitrogens with zero attached hydrogens (tertiary/aromatic N) is 7. The first-order chi connectivity index (χ1) is 28.4. The number of hydrogen-bond donors (Lipinski definition) is 5. The van der Waals surface area contributed by atoms with Gasteiger partial charge in [0.15, 0.2) is 0 Å². The van der Waals surface area contributed by atoms with Gasteiger partial charge in [0.1, 0.15) is 17.2 Å². The number of carbonyl (C=O) groups excluding carboxylic acids is 5. The SMILES string of the molecule is CCS(=O)(=O)N1CC(CC#N)(n2cc(-c3nc(Nc4ccc(C(=O)NCCCNc5ccc6c(c5)C(=O)N(C5CCC(=O)NC5=O)C6=O)cc4)nc4[nH]ccc34)cn2)C1. The van der Waals surface area contributed by atoms with Crippen LogP contribution in [-0.4, -0.2) is 110 Å². The predicted molar refractivity (Wildman–Crippen MR) is 213 cm³/mol. The molecule has 2 aromatic carbocycles. The molecule has 8 rings (SSSR count). The van der Waals surface area contributed by atoms with Crippen molar-refractivity contribution in [3.05, 3.63) is 83.8 Å². The number of carbonyl (C=O) groups is 5. The Bertz CT molecular complexity index is 2680. The molecule has 0 spiro atoms. The maximum absolute atomic E-state index is 13.1. The Morgan fingerprint density at radius 2 is 1.76 bits per heavy atom. The number of sulfonamides is 1. The van der Waals surface area contributed by atoms with E-state index in [2.05, 4.69) is 42.4 Å². The van der Waals surface area contributed by atoms with Gasteiger partial charge in [-0.15, -0.1) is 0 Å². The Kier molecular flexibility index (Phi) is 10.2. The summed E-state index contributed by atoms with van der Waals surface area (Å²) >= 11 is 0. The normalized spacial score (nSPS) is 17.6. The van der Waals surface area contributed by atoms with Crippen molar-refractivity contribution in [1.29, 1.82) is 5.26 Å². The molecule has 302 valence electrons. The molecule has 20 heteroatoms. The van der Waals surface area contributed by atoms with Gasteiger partial charge in [0, 0.05) is 72.9 Å². The van der Waals surface area contributed by atoms with Crippen molar-refractivity contribution in [3.8, 4) is 17.3 Å². The molecule has 0 bridgehead atoms. The lowest BCUT2D eigenvalue weighted by molar-refractivity contribution is -0.136. The van der Waals surface area contributed by atoms with E-state index in [1.54, 1.807) is 66.6 Å². The zero-order chi connectivity index (χ0) is 41.5. The molecular formula is C39H38N12O7S. The first-order valence-electron chi connectivity index (χ1n) is 18.9. The molecule has 3 aliphatic rings. The third-order valence-corrected chi connectivity index (χ3v) is 12.5. The molecule has 5 aromatic rings. The van der Waals surface area contributed by atoms with E-state index in [4.69, 9.17) is 4.98 Å². The van der Waals surface area contributed by atoms with Gasteiger partial charge in [-0.1, -0.05) is 0 Å². The van der Waals surface area contributed by atoms with Gasteiger partial charge in [-0.2, -0.15) is 19.6 Å². The van der Waals surface area contributed by atoms with Crippen LogP contribution in [0.15, 0.2) is 67.1 Å². The highest BCUT2D eigenvalue weighted by molar-refractivity contribution is 7.89. The molecule has 19 nitrogen and oxygen atoms in total. The second kappa shape index (κ2) is 15.4. The summed E-state index contributed by atoms with van der Waals surface area (Å²) < 4.78 is 27.9. The Balaban J connectivity index is 0.851. The third kappa shape index (κ3) is 7.37. The first kappa shape index (κ1) is 38.9. The van der Waals surface area contributed by atoms with Crippen molar-refractivity contribution >= 4 is 67.9 Å². The fraction of sp³-hybridized carbons (Fsp3) is 0.308. The van der Waals surface area contributed by atoms with Crippen molar-refractivity contribution in [3.63, 3.8) is 0 Å². The molecule has 3 aliphatic heterocycles. The number of nitriles is 1. The summed E-state index contributed by atoms with van der Waals surface area (Å²) in [5.41, 5.74) is 3.07. The summed E-state index contributed by atoms with van der Waals surface area (Å²) in [7, 11) is -3.40. The number of benzene rings is 2. The Morgan fingerprint density at radius 3 is 2.51 bits per heavy atom. The molecule has 6 heterocycles. The van der Waals surface area contributed by atoms with Crippen LogP contribution in [0.1, 0.15) is 63.7 Å². The second-order valence-corrected chi connectivity index (χ2v) is 16.7. The smallest absolute Gasteiger partial charge is 0.262 e. The maximum atomic E-state index is 13.1. The molecule has 1 unspecified atom stereocenters. The predicted octanol–water partition coefficient (Wildman–Crippen LogP) is 2.47. The van der Waals surface area contributed by atoms with Crippen LogP contribution in [0.3, 0.4) is 0 Å². The molecule has 3 aromatic heterocycles. The molecule has 0 aliphatic carbocycles. The fourth-order valence-corrected chi connectivity index (χ4v) is 8.68. The van der Waals surface area contributed by atoms with E-state index in [1.807, 2.05) is 6.07 Å². The minimum Gasteiger partial charge on any atom is -0.385 e. The van der Waals surface area contributed by atoms with Crippen LogP contribution in [0.2, 0.25) is 0 Å². The summed E-state index contributed by atoms with van der Waals surface area (Å²) in [6, 6.07) is 14.6. The van der Waals surface area contributed by atoms with E-state index >= 15 is 0 Å². The highest BCUT2D eigenvalue weighted by Crippen LogP contribution is 2.36. The van der Waals surface area contributed by atoms with Gasteiger partial charge in [0.25, 0.3) is 17.7 Å². The van der Waals surface area contributed by atoms with Gasteiger partial charge in [-0.25, -0.2) is 13.4 Å². The maximum Gasteiger partial charge on any atom is 0.262 e. The summed E-state index contributed by atoms with van der Waals surface area (Å²) in [5.74, 6) is -2.27. The average Bonchev–Trinajstić information content (AvgIpc) is 3.95. The Hall–Kier alpha value is -6.98. The molecule has 59 heavy (non-hydrogen) atoms. The first-order valence-corrected chi connectivity index (χ1v) is 20.5. The molecule has 0 saturated carbocycles. The lowest BCUT2D eigenvalue weighted by atomic mass is 9.89. The fourth-order valence-electron chi connectivity index (χ4n) is 7.44. The van der Waals surface area contributed by atoms with E-state index in [0.717, 1.165) is 10.3 Å². The standard InChI is InChI=1S/C39H38N12O7S/c1-2-59(57,58)49-21-39(22-49,13-14-40)50-20-24(19-44-50)32-28-12-17-42-33(28)48-38(47-32)45-25-6-4-23(5-7-25)34(53)43-16-3-15-41-26-8-9-27-29(18-26)37(56)51(36(27)55)30-10-11-31(52)46-35(30)54/h4-9,12,17-20,30,41H,2-3,10-11,13,15-16,21-22H2,1H3,(H,43,53)(H,46,52,54)(H2,42,45,47,48). The van der Waals surface area contributed by atoms with E-state index in [1.165, 1.54) is 10.4 Å². The zero-order valence-corrected chi connectivity index (χ0v) is 32.5. The zero-order valence-electron chi connectivity index (χ0n) is 31.7. The number of amides is 5. The van der Waals surface area contributed by atoms with Crippen LogP contribution in [-0.2, 0) is 25.2 Å². The number of piperidine rings is 1. The average molecular weight is 819 g/mol. The molecule has 2 saturated heterocycles. The number of aromatic nitrogens is 5. The lowest BCUT2D eigenvalue weighted by Crippen LogP contribution is -2.64. The van der Waals surface area contributed by atoms with Crippen molar-refractivity contribution in [2.75, 3.05) is 42.6 Å². The number of fused-ring (bicyclic) bond motifs is 2.